The van der Waals surface area contributed by atoms with Gasteiger partial charge in [0.05, 0.1) is 5.69 Å². The van der Waals surface area contributed by atoms with E-state index in [-0.39, 0.29) is 23.3 Å². The Morgan fingerprint density at radius 3 is 2.79 bits per heavy atom. The molecule has 1 aromatic heterocycles. The largest absolute Gasteiger partial charge is 0.388 e. The van der Waals surface area contributed by atoms with E-state index in [1.165, 1.54) is 6.92 Å². The molecule has 0 aromatic carbocycles. The molecule has 0 saturated carbocycles. The second-order valence-corrected chi connectivity index (χ2v) is 4.80. The Morgan fingerprint density at radius 2 is 2.21 bits per heavy atom. The fourth-order valence-corrected chi connectivity index (χ4v) is 1.89. The van der Waals surface area contributed by atoms with Gasteiger partial charge in [-0.2, -0.15) is 0 Å². The van der Waals surface area contributed by atoms with Gasteiger partial charge in [0.2, 0.25) is 5.91 Å². The lowest BCUT2D eigenvalue weighted by Gasteiger charge is -2.16. The van der Waals surface area contributed by atoms with Gasteiger partial charge in [-0.1, -0.05) is 24.9 Å². The van der Waals surface area contributed by atoms with Crippen LogP contribution in [0.2, 0.25) is 5.15 Å². The van der Waals surface area contributed by atoms with Crippen molar-refractivity contribution in [3.63, 3.8) is 0 Å². The zero-order chi connectivity index (χ0) is 14.4. The average Bonchev–Trinajstić information content (AvgIpc) is 2.73. The summed E-state index contributed by atoms with van der Waals surface area (Å²) in [6.45, 7) is 3.36. The molecule has 1 aromatic rings. The molecule has 108 valence electrons. The van der Waals surface area contributed by atoms with Crippen molar-refractivity contribution in [1.82, 2.24) is 15.3 Å². The molecule has 0 radical (unpaired) electrons. The second kappa shape index (κ2) is 7.47. The molecule has 0 saturated heterocycles. The molecule has 1 heterocycles. The number of H-pyrrole nitrogens is 1. The van der Waals surface area contributed by atoms with Gasteiger partial charge in [-0.3, -0.25) is 4.79 Å². The number of aromatic amines is 1. The van der Waals surface area contributed by atoms with Gasteiger partial charge in [0, 0.05) is 19.9 Å². The fourth-order valence-electron chi connectivity index (χ4n) is 1.62. The molecule has 0 aliphatic carbocycles. The summed E-state index contributed by atoms with van der Waals surface area (Å²) in [5.41, 5.74) is 0.283. The van der Waals surface area contributed by atoms with E-state index in [1.807, 2.05) is 0 Å². The minimum absolute atomic E-state index is 0.0455. The monoisotopic (exact) mass is 289 g/mol. The van der Waals surface area contributed by atoms with Gasteiger partial charge >= 0.3 is 0 Å². The summed E-state index contributed by atoms with van der Waals surface area (Å²) in [5, 5.41) is 22.3. The van der Waals surface area contributed by atoms with E-state index in [2.05, 4.69) is 22.2 Å². The molecule has 19 heavy (non-hydrogen) atoms. The molecule has 0 spiro atoms. The van der Waals surface area contributed by atoms with Crippen LogP contribution in [0.5, 0.6) is 0 Å². The number of imidazole rings is 1. The quantitative estimate of drug-likeness (QED) is 0.600. The minimum atomic E-state index is -1.21. The third kappa shape index (κ3) is 4.81. The standard InChI is InChI=1S/C12H20ClN3O3/c1-3-4-5-9-15-10(12(13)16-9)11(19)8(18)6-14-7(2)17/h8,11,18-19H,3-6H2,1-2H3,(H,14,17)(H,15,16). The smallest absolute Gasteiger partial charge is 0.216 e. The number of nitrogens with one attached hydrogen (secondary N) is 2. The van der Waals surface area contributed by atoms with Gasteiger partial charge < -0.3 is 20.5 Å². The Bertz CT molecular complexity index is 422. The van der Waals surface area contributed by atoms with Gasteiger partial charge in [0.15, 0.2) is 5.15 Å². The Morgan fingerprint density at radius 1 is 1.53 bits per heavy atom. The first-order valence-electron chi connectivity index (χ1n) is 6.30. The lowest BCUT2D eigenvalue weighted by molar-refractivity contribution is -0.119. The maximum absolute atomic E-state index is 10.7. The number of unbranched alkanes of at least 4 members (excludes halogenated alkanes) is 1. The minimum Gasteiger partial charge on any atom is -0.388 e. The molecular formula is C12H20ClN3O3. The highest BCUT2D eigenvalue weighted by molar-refractivity contribution is 6.30. The zero-order valence-electron chi connectivity index (χ0n) is 11.1. The number of halogens is 1. The first kappa shape index (κ1) is 15.9. The Hall–Kier alpha value is -1.11. The van der Waals surface area contributed by atoms with Crippen molar-refractivity contribution >= 4 is 17.5 Å². The van der Waals surface area contributed by atoms with Gasteiger partial charge in [0.25, 0.3) is 0 Å². The number of carbonyl (C=O) groups excluding carboxylic acids is 1. The van der Waals surface area contributed by atoms with E-state index in [9.17, 15) is 15.0 Å². The maximum atomic E-state index is 10.7. The van der Waals surface area contributed by atoms with Crippen molar-refractivity contribution in [1.29, 1.82) is 0 Å². The van der Waals surface area contributed by atoms with Gasteiger partial charge in [0.1, 0.15) is 18.0 Å². The van der Waals surface area contributed by atoms with E-state index in [0.29, 0.717) is 5.82 Å². The van der Waals surface area contributed by atoms with Gasteiger partial charge in [-0.25, -0.2) is 4.98 Å². The summed E-state index contributed by atoms with van der Waals surface area (Å²) < 4.78 is 0. The zero-order valence-corrected chi connectivity index (χ0v) is 11.9. The lowest BCUT2D eigenvalue weighted by Crippen LogP contribution is -2.34. The summed E-state index contributed by atoms with van der Waals surface area (Å²) in [5.74, 6) is 0.415. The van der Waals surface area contributed by atoms with E-state index >= 15 is 0 Å². The van der Waals surface area contributed by atoms with E-state index in [0.717, 1.165) is 19.3 Å². The van der Waals surface area contributed by atoms with Crippen LogP contribution in [0.4, 0.5) is 0 Å². The summed E-state index contributed by atoms with van der Waals surface area (Å²) in [6.07, 6.45) is 0.392. The van der Waals surface area contributed by atoms with E-state index < -0.39 is 12.2 Å². The number of hydrogen-bond donors (Lipinski definition) is 4. The number of aliphatic hydroxyl groups excluding tert-OH is 2. The maximum Gasteiger partial charge on any atom is 0.216 e. The Balaban J connectivity index is 2.67. The van der Waals surface area contributed by atoms with Crippen molar-refractivity contribution in [2.24, 2.45) is 0 Å². The molecule has 4 N–H and O–H groups in total. The van der Waals surface area contributed by atoms with Crippen LogP contribution in [0.1, 0.15) is 44.3 Å². The molecule has 2 unspecified atom stereocenters. The van der Waals surface area contributed by atoms with Crippen LogP contribution in [0.25, 0.3) is 0 Å². The van der Waals surface area contributed by atoms with Gasteiger partial charge in [-0.15, -0.1) is 0 Å². The predicted molar refractivity (Wildman–Crippen MR) is 71.9 cm³/mol. The van der Waals surface area contributed by atoms with Crippen molar-refractivity contribution in [3.8, 4) is 0 Å². The highest BCUT2D eigenvalue weighted by atomic mass is 35.5. The van der Waals surface area contributed by atoms with Crippen LogP contribution in [0.15, 0.2) is 0 Å². The highest BCUT2D eigenvalue weighted by Crippen LogP contribution is 2.23. The molecule has 1 amide bonds. The van der Waals surface area contributed by atoms with Gasteiger partial charge in [-0.05, 0) is 6.42 Å². The molecule has 7 heteroatoms. The normalized spacial score (nSPS) is 14.2. The second-order valence-electron chi connectivity index (χ2n) is 4.44. The van der Waals surface area contributed by atoms with Crippen molar-refractivity contribution < 1.29 is 15.0 Å². The summed E-state index contributed by atoms with van der Waals surface area (Å²) in [6, 6.07) is 0. The predicted octanol–water partition coefficient (Wildman–Crippen LogP) is 0.936. The highest BCUT2D eigenvalue weighted by Gasteiger charge is 2.24. The number of carbonyl (C=O) groups is 1. The molecule has 1 rings (SSSR count). The molecular weight excluding hydrogens is 270 g/mol. The number of hydrogen-bond acceptors (Lipinski definition) is 4. The summed E-state index contributed by atoms with van der Waals surface area (Å²) in [4.78, 5) is 17.8. The van der Waals surface area contributed by atoms with E-state index in [4.69, 9.17) is 11.6 Å². The van der Waals surface area contributed by atoms with Crippen LogP contribution in [-0.2, 0) is 11.2 Å². The lowest BCUT2D eigenvalue weighted by atomic mass is 10.1. The number of aryl methyl sites for hydroxylation is 1. The molecule has 0 fully saturated rings. The van der Waals surface area contributed by atoms with Crippen molar-refractivity contribution in [2.75, 3.05) is 6.54 Å². The molecule has 0 aliphatic rings. The summed E-state index contributed by atoms with van der Waals surface area (Å²) in [7, 11) is 0. The van der Waals surface area contributed by atoms with Crippen LogP contribution in [-0.4, -0.2) is 38.7 Å². The number of aliphatic hydroxyl groups is 2. The van der Waals surface area contributed by atoms with Crippen molar-refractivity contribution in [3.05, 3.63) is 16.7 Å². The third-order valence-corrected chi connectivity index (χ3v) is 3.01. The first-order chi connectivity index (χ1) is 8.95. The summed E-state index contributed by atoms with van der Waals surface area (Å²) >= 11 is 5.92. The average molecular weight is 290 g/mol. The topological polar surface area (TPSA) is 98.2 Å². The fraction of sp³-hybridized carbons (Fsp3) is 0.667. The van der Waals surface area contributed by atoms with E-state index in [1.54, 1.807) is 0 Å². The van der Waals surface area contributed by atoms with Crippen LogP contribution in [0.3, 0.4) is 0 Å². The number of rotatable bonds is 7. The van der Waals surface area contributed by atoms with Crippen LogP contribution in [0, 0.1) is 0 Å². The molecule has 6 nitrogen and oxygen atoms in total. The Labute approximate surface area is 117 Å². The Kier molecular flexibility index (Phi) is 6.27. The third-order valence-electron chi connectivity index (χ3n) is 2.72. The number of amides is 1. The molecule has 2 atom stereocenters. The molecule has 0 aliphatic heterocycles. The van der Waals surface area contributed by atoms with Crippen LogP contribution < -0.4 is 5.32 Å². The number of aromatic nitrogens is 2. The van der Waals surface area contributed by atoms with Crippen LogP contribution >= 0.6 is 11.6 Å². The SMILES string of the molecule is CCCCc1nc(Cl)c(C(O)C(O)CNC(C)=O)[nH]1. The molecule has 0 bridgehead atoms. The van der Waals surface area contributed by atoms with Crippen molar-refractivity contribution in [2.45, 2.75) is 45.3 Å². The number of nitrogens with zero attached hydrogens (tertiary/aromatic N) is 1. The first-order valence-corrected chi connectivity index (χ1v) is 6.68.